The highest BCUT2D eigenvalue weighted by Gasteiger charge is 2.27. The van der Waals surface area contributed by atoms with Crippen LogP contribution in [-0.2, 0) is 20.5 Å². The van der Waals surface area contributed by atoms with Crippen molar-refractivity contribution in [1.82, 2.24) is 14.1 Å². The van der Waals surface area contributed by atoms with Crippen molar-refractivity contribution in [1.29, 1.82) is 0 Å². The number of benzene rings is 2. The highest BCUT2D eigenvalue weighted by atomic mass is 35.5. The number of ether oxygens (including phenoxy) is 1. The fourth-order valence-electron chi connectivity index (χ4n) is 4.65. The Morgan fingerprint density at radius 1 is 0.974 bits per heavy atom. The summed E-state index contributed by atoms with van der Waals surface area (Å²) >= 11 is 13.6. The van der Waals surface area contributed by atoms with Crippen LogP contribution in [0, 0.1) is 0 Å². The van der Waals surface area contributed by atoms with E-state index < -0.39 is 17.2 Å². The van der Waals surface area contributed by atoms with E-state index >= 15 is 0 Å². The average molecular weight is 565 g/mol. The van der Waals surface area contributed by atoms with E-state index in [0.29, 0.717) is 45.8 Å². The summed E-state index contributed by atoms with van der Waals surface area (Å²) in [6, 6.07) is 12.3. The molecule has 0 atom stereocenters. The molecular formula is C28H22Cl2N4O5. The number of carbonyl (C=O) groups is 2. The molecule has 4 aromatic rings. The van der Waals surface area contributed by atoms with Crippen LogP contribution in [0.2, 0.25) is 10.0 Å². The van der Waals surface area contributed by atoms with Crippen molar-refractivity contribution in [3.63, 3.8) is 0 Å². The standard InChI is InChI=1S/C28H22Cl2N4O5/c1-33-13-18(27(37)34(2)28(33)38)25(36)31-19-9-5-7-16(24(19)30)15-6-4-8-17(23(15)29)20-12-14-10-11-21(35)22(14)26(32-20)39-3/h4-9,12-13H,10-11H2,1-3H3,(H,31,36). The van der Waals surface area contributed by atoms with E-state index in [0.717, 1.165) is 14.7 Å². The van der Waals surface area contributed by atoms with Crippen molar-refractivity contribution >= 4 is 40.6 Å². The first-order valence-corrected chi connectivity index (χ1v) is 12.6. The van der Waals surface area contributed by atoms with Crippen LogP contribution in [0.15, 0.2) is 58.3 Å². The number of pyridine rings is 1. The summed E-state index contributed by atoms with van der Waals surface area (Å²) < 4.78 is 7.41. The molecule has 1 N–H and O–H groups in total. The molecule has 5 rings (SSSR count). The highest BCUT2D eigenvalue weighted by Crippen LogP contribution is 2.42. The van der Waals surface area contributed by atoms with Gasteiger partial charge in [-0.1, -0.05) is 53.5 Å². The first-order chi connectivity index (χ1) is 18.6. The number of rotatable bonds is 5. The Morgan fingerprint density at radius 2 is 1.64 bits per heavy atom. The second-order valence-corrected chi connectivity index (χ2v) is 9.82. The minimum absolute atomic E-state index is 0.00182. The van der Waals surface area contributed by atoms with Crippen molar-refractivity contribution in [2.45, 2.75) is 12.8 Å². The zero-order valence-electron chi connectivity index (χ0n) is 21.2. The monoisotopic (exact) mass is 564 g/mol. The number of aryl methyl sites for hydroxylation is 2. The summed E-state index contributed by atoms with van der Waals surface area (Å²) in [5.41, 5.74) is 2.44. The van der Waals surface area contributed by atoms with Gasteiger partial charge in [-0.05, 0) is 24.1 Å². The van der Waals surface area contributed by atoms with Gasteiger partial charge in [-0.15, -0.1) is 0 Å². The number of fused-ring (bicyclic) bond motifs is 1. The van der Waals surface area contributed by atoms with Crippen LogP contribution >= 0.6 is 23.2 Å². The minimum Gasteiger partial charge on any atom is -0.480 e. The molecule has 9 nitrogen and oxygen atoms in total. The maximum Gasteiger partial charge on any atom is 0.330 e. The number of amides is 1. The number of nitrogens with zero attached hydrogens (tertiary/aromatic N) is 3. The molecule has 2 aromatic heterocycles. The van der Waals surface area contributed by atoms with Crippen LogP contribution < -0.4 is 21.3 Å². The molecule has 2 aromatic carbocycles. The zero-order chi connectivity index (χ0) is 28.0. The van der Waals surface area contributed by atoms with Crippen LogP contribution in [0.4, 0.5) is 5.69 Å². The second kappa shape index (κ2) is 10.2. The van der Waals surface area contributed by atoms with Crippen molar-refractivity contribution in [2.24, 2.45) is 14.1 Å². The number of anilines is 1. The van der Waals surface area contributed by atoms with Crippen molar-refractivity contribution < 1.29 is 14.3 Å². The van der Waals surface area contributed by atoms with E-state index in [1.165, 1.54) is 27.4 Å². The lowest BCUT2D eigenvalue weighted by Gasteiger charge is -2.15. The van der Waals surface area contributed by atoms with E-state index in [-0.39, 0.29) is 27.9 Å². The van der Waals surface area contributed by atoms with Crippen LogP contribution in [-0.4, -0.2) is 32.9 Å². The quantitative estimate of drug-likeness (QED) is 0.381. The molecule has 2 heterocycles. The van der Waals surface area contributed by atoms with Gasteiger partial charge in [0.15, 0.2) is 5.78 Å². The number of ketones is 1. The number of carbonyl (C=O) groups excluding carboxylic acids is 2. The summed E-state index contributed by atoms with van der Waals surface area (Å²) in [6.07, 6.45) is 2.19. The molecule has 0 saturated carbocycles. The Kier molecular flexibility index (Phi) is 6.88. The Balaban J connectivity index is 1.54. The molecule has 0 spiro atoms. The van der Waals surface area contributed by atoms with E-state index in [4.69, 9.17) is 27.9 Å². The Morgan fingerprint density at radius 3 is 2.36 bits per heavy atom. The van der Waals surface area contributed by atoms with Crippen LogP contribution in [0.1, 0.15) is 32.7 Å². The summed E-state index contributed by atoms with van der Waals surface area (Å²) in [4.78, 5) is 54.3. The number of Topliss-reactive ketones (excluding diaryl/α,β-unsaturated/α-hetero) is 1. The average Bonchev–Trinajstić information content (AvgIpc) is 3.31. The number of nitrogens with one attached hydrogen (secondary N) is 1. The molecule has 0 aliphatic heterocycles. The van der Waals surface area contributed by atoms with Crippen molar-refractivity contribution in [3.05, 3.63) is 96.2 Å². The third kappa shape index (κ3) is 4.53. The molecule has 1 aliphatic rings. The van der Waals surface area contributed by atoms with Gasteiger partial charge in [0.1, 0.15) is 5.56 Å². The predicted octanol–water partition coefficient (Wildman–Crippen LogP) is 4.51. The molecule has 11 heteroatoms. The Hall–Kier alpha value is -4.21. The summed E-state index contributed by atoms with van der Waals surface area (Å²) in [7, 11) is 4.22. The number of halogens is 2. The summed E-state index contributed by atoms with van der Waals surface area (Å²) in [5, 5.41) is 3.24. The third-order valence-electron chi connectivity index (χ3n) is 6.66. The number of hydrogen-bond acceptors (Lipinski definition) is 6. The second-order valence-electron chi connectivity index (χ2n) is 9.06. The fraction of sp³-hybridized carbons (Fsp3) is 0.179. The van der Waals surface area contributed by atoms with E-state index in [1.807, 2.05) is 12.1 Å². The van der Waals surface area contributed by atoms with Crippen molar-refractivity contribution in [3.8, 4) is 28.3 Å². The van der Waals surface area contributed by atoms with Gasteiger partial charge >= 0.3 is 5.69 Å². The molecule has 39 heavy (non-hydrogen) atoms. The molecule has 0 radical (unpaired) electrons. The normalized spacial score (nSPS) is 12.4. The molecule has 198 valence electrons. The highest BCUT2D eigenvalue weighted by molar-refractivity contribution is 6.39. The van der Waals surface area contributed by atoms with Gasteiger partial charge in [0.2, 0.25) is 5.88 Å². The largest absolute Gasteiger partial charge is 0.480 e. The molecule has 0 unspecified atom stereocenters. The van der Waals surface area contributed by atoms with Gasteiger partial charge in [0.25, 0.3) is 11.5 Å². The maximum absolute atomic E-state index is 13.0. The molecular weight excluding hydrogens is 543 g/mol. The molecule has 1 aliphatic carbocycles. The third-order valence-corrected chi connectivity index (χ3v) is 7.48. The van der Waals surface area contributed by atoms with Gasteiger partial charge < -0.3 is 14.6 Å². The SMILES string of the molecule is COc1nc(-c2cccc(-c3cccc(NC(=O)c4cn(C)c(=O)n(C)c4=O)c3Cl)c2Cl)cc2c1C(=O)CC2. The van der Waals surface area contributed by atoms with E-state index in [9.17, 15) is 19.2 Å². The van der Waals surface area contributed by atoms with Crippen LogP contribution in [0.5, 0.6) is 5.88 Å². The van der Waals surface area contributed by atoms with Gasteiger partial charge in [-0.3, -0.25) is 19.0 Å². The first-order valence-electron chi connectivity index (χ1n) is 11.9. The lowest BCUT2D eigenvalue weighted by molar-refractivity contribution is 0.0989. The van der Waals surface area contributed by atoms with Gasteiger partial charge in [-0.25, -0.2) is 9.78 Å². The molecule has 0 saturated heterocycles. The summed E-state index contributed by atoms with van der Waals surface area (Å²) in [6.45, 7) is 0. The van der Waals surface area contributed by atoms with Gasteiger partial charge in [0, 0.05) is 43.4 Å². The minimum atomic E-state index is -0.724. The topological polar surface area (TPSA) is 112 Å². The zero-order valence-corrected chi connectivity index (χ0v) is 22.7. The first kappa shape index (κ1) is 26.4. The molecule has 0 fully saturated rings. The van der Waals surface area contributed by atoms with Crippen LogP contribution in [0.3, 0.4) is 0 Å². The maximum atomic E-state index is 13.0. The molecule has 1 amide bonds. The van der Waals surface area contributed by atoms with Gasteiger partial charge in [-0.2, -0.15) is 0 Å². The van der Waals surface area contributed by atoms with E-state index in [2.05, 4.69) is 10.3 Å². The number of hydrogen-bond donors (Lipinski definition) is 1. The van der Waals surface area contributed by atoms with E-state index in [1.54, 1.807) is 30.3 Å². The number of methoxy groups -OCH3 is 1. The summed E-state index contributed by atoms with van der Waals surface area (Å²) in [5.74, 6) is -0.449. The lowest BCUT2D eigenvalue weighted by atomic mass is 9.99. The Bertz CT molecular complexity index is 1810. The fourth-order valence-corrected chi connectivity index (χ4v) is 5.25. The lowest BCUT2D eigenvalue weighted by Crippen LogP contribution is -2.40. The molecule has 0 bridgehead atoms. The number of aromatic nitrogens is 3. The van der Waals surface area contributed by atoms with Crippen LogP contribution in [0.25, 0.3) is 22.4 Å². The Labute approximate surface area is 232 Å². The predicted molar refractivity (Wildman–Crippen MR) is 149 cm³/mol. The smallest absolute Gasteiger partial charge is 0.330 e. The van der Waals surface area contributed by atoms with Crippen molar-refractivity contribution in [2.75, 3.05) is 12.4 Å². The van der Waals surface area contributed by atoms with Gasteiger partial charge in [0.05, 0.1) is 34.1 Å².